The van der Waals surface area contributed by atoms with Crippen molar-refractivity contribution in [2.24, 2.45) is 0 Å². The van der Waals surface area contributed by atoms with E-state index in [1.807, 2.05) is 25.2 Å². The lowest BCUT2D eigenvalue weighted by Gasteiger charge is -2.20. The minimum atomic E-state index is 0.241. The molecular weight excluding hydrogens is 230 g/mol. The SMILES string of the molecule is CNC(CCCOC)c1cc(OC)ccc1OC. The van der Waals surface area contributed by atoms with Crippen molar-refractivity contribution in [1.82, 2.24) is 5.32 Å². The number of benzene rings is 1. The van der Waals surface area contributed by atoms with Gasteiger partial charge in [-0.3, -0.25) is 0 Å². The third-order valence-electron chi connectivity index (χ3n) is 3.00. The van der Waals surface area contributed by atoms with E-state index in [0.717, 1.165) is 36.5 Å². The van der Waals surface area contributed by atoms with Crippen LogP contribution in [0.15, 0.2) is 18.2 Å². The highest BCUT2D eigenvalue weighted by Crippen LogP contribution is 2.31. The molecule has 102 valence electrons. The minimum absolute atomic E-state index is 0.241. The lowest BCUT2D eigenvalue weighted by molar-refractivity contribution is 0.189. The highest BCUT2D eigenvalue weighted by atomic mass is 16.5. The van der Waals surface area contributed by atoms with Crippen LogP contribution in [0.4, 0.5) is 0 Å². The Bertz CT molecular complexity index is 355. The maximum Gasteiger partial charge on any atom is 0.123 e. The van der Waals surface area contributed by atoms with E-state index in [4.69, 9.17) is 14.2 Å². The molecule has 0 amide bonds. The molecule has 0 spiro atoms. The number of nitrogens with one attached hydrogen (secondary N) is 1. The van der Waals surface area contributed by atoms with Crippen molar-refractivity contribution >= 4 is 0 Å². The van der Waals surface area contributed by atoms with E-state index in [0.29, 0.717) is 0 Å². The van der Waals surface area contributed by atoms with Gasteiger partial charge in [-0.2, -0.15) is 0 Å². The van der Waals surface area contributed by atoms with Gasteiger partial charge in [0.2, 0.25) is 0 Å². The largest absolute Gasteiger partial charge is 0.497 e. The zero-order chi connectivity index (χ0) is 13.4. The van der Waals surface area contributed by atoms with E-state index in [9.17, 15) is 0 Å². The first kappa shape index (κ1) is 14.8. The molecule has 0 saturated carbocycles. The zero-order valence-corrected chi connectivity index (χ0v) is 11.7. The van der Waals surface area contributed by atoms with Gasteiger partial charge in [-0.25, -0.2) is 0 Å². The topological polar surface area (TPSA) is 39.7 Å². The molecule has 4 heteroatoms. The van der Waals surface area contributed by atoms with Crippen LogP contribution in [-0.2, 0) is 4.74 Å². The number of hydrogen-bond acceptors (Lipinski definition) is 4. The number of hydrogen-bond donors (Lipinski definition) is 1. The Morgan fingerprint density at radius 2 is 1.94 bits per heavy atom. The standard InChI is InChI=1S/C14H23NO3/c1-15-13(6-5-9-16-2)12-10-11(17-3)7-8-14(12)18-4/h7-8,10,13,15H,5-6,9H2,1-4H3. The Morgan fingerprint density at radius 3 is 2.50 bits per heavy atom. The summed E-state index contributed by atoms with van der Waals surface area (Å²) in [6, 6.07) is 6.11. The van der Waals surface area contributed by atoms with Crippen LogP contribution in [0.2, 0.25) is 0 Å². The summed E-state index contributed by atoms with van der Waals surface area (Å²) in [4.78, 5) is 0. The highest BCUT2D eigenvalue weighted by molar-refractivity contribution is 5.42. The third-order valence-corrected chi connectivity index (χ3v) is 3.00. The fraction of sp³-hybridized carbons (Fsp3) is 0.571. The van der Waals surface area contributed by atoms with E-state index in [2.05, 4.69) is 5.32 Å². The normalized spacial score (nSPS) is 12.2. The molecular formula is C14H23NO3. The molecule has 0 aliphatic rings. The molecule has 4 nitrogen and oxygen atoms in total. The van der Waals surface area contributed by atoms with Gasteiger partial charge in [-0.1, -0.05) is 0 Å². The summed E-state index contributed by atoms with van der Waals surface area (Å²) in [5.74, 6) is 1.73. The monoisotopic (exact) mass is 253 g/mol. The first-order chi connectivity index (χ1) is 8.76. The Morgan fingerprint density at radius 1 is 1.17 bits per heavy atom. The van der Waals surface area contributed by atoms with Crippen molar-refractivity contribution in [2.75, 3.05) is 35.0 Å². The minimum Gasteiger partial charge on any atom is -0.497 e. The molecule has 0 heterocycles. The molecule has 1 aromatic rings. The second kappa shape index (κ2) is 7.95. The summed E-state index contributed by atoms with van der Waals surface area (Å²) >= 11 is 0. The molecule has 1 aromatic carbocycles. The number of rotatable bonds is 8. The molecule has 1 atom stereocenters. The quantitative estimate of drug-likeness (QED) is 0.722. The second-order valence-corrected chi connectivity index (χ2v) is 4.08. The third kappa shape index (κ3) is 3.89. The summed E-state index contributed by atoms with van der Waals surface area (Å²) in [5, 5.41) is 3.31. The van der Waals surface area contributed by atoms with Crippen molar-refractivity contribution in [3.05, 3.63) is 23.8 Å². The molecule has 0 bridgehead atoms. The van der Waals surface area contributed by atoms with Crippen LogP contribution < -0.4 is 14.8 Å². The molecule has 0 saturated heterocycles. The zero-order valence-electron chi connectivity index (χ0n) is 11.7. The van der Waals surface area contributed by atoms with E-state index < -0.39 is 0 Å². The van der Waals surface area contributed by atoms with Gasteiger partial charge in [-0.15, -0.1) is 0 Å². The maximum atomic E-state index is 5.41. The average Bonchev–Trinajstić information content (AvgIpc) is 2.43. The molecule has 1 unspecified atom stereocenters. The van der Waals surface area contributed by atoms with Crippen LogP contribution in [0.5, 0.6) is 11.5 Å². The van der Waals surface area contributed by atoms with Crippen LogP contribution in [0.25, 0.3) is 0 Å². The summed E-state index contributed by atoms with van der Waals surface area (Å²) in [6.07, 6.45) is 2.00. The van der Waals surface area contributed by atoms with Gasteiger partial charge in [0.05, 0.1) is 14.2 Å². The van der Waals surface area contributed by atoms with E-state index >= 15 is 0 Å². The van der Waals surface area contributed by atoms with E-state index in [-0.39, 0.29) is 6.04 Å². The Balaban J connectivity index is 2.87. The first-order valence-electron chi connectivity index (χ1n) is 6.15. The lowest BCUT2D eigenvalue weighted by Crippen LogP contribution is -2.17. The van der Waals surface area contributed by atoms with Gasteiger partial charge < -0.3 is 19.5 Å². The summed E-state index contributed by atoms with van der Waals surface area (Å²) in [5.41, 5.74) is 1.12. The molecule has 1 rings (SSSR count). The van der Waals surface area contributed by atoms with Gasteiger partial charge in [0.1, 0.15) is 11.5 Å². The smallest absolute Gasteiger partial charge is 0.123 e. The van der Waals surface area contributed by atoms with Gasteiger partial charge in [0, 0.05) is 25.3 Å². The van der Waals surface area contributed by atoms with Crippen LogP contribution in [0.1, 0.15) is 24.4 Å². The second-order valence-electron chi connectivity index (χ2n) is 4.08. The fourth-order valence-electron chi connectivity index (χ4n) is 2.00. The summed E-state index contributed by atoms with van der Waals surface area (Å²) < 4.78 is 15.8. The lowest BCUT2D eigenvalue weighted by atomic mass is 10.0. The van der Waals surface area contributed by atoms with Crippen LogP contribution in [-0.4, -0.2) is 35.0 Å². The fourth-order valence-corrected chi connectivity index (χ4v) is 2.00. The van der Waals surface area contributed by atoms with Crippen molar-refractivity contribution < 1.29 is 14.2 Å². The Kier molecular flexibility index (Phi) is 6.54. The molecule has 0 aliphatic heterocycles. The molecule has 18 heavy (non-hydrogen) atoms. The van der Waals surface area contributed by atoms with Crippen molar-refractivity contribution in [3.63, 3.8) is 0 Å². The van der Waals surface area contributed by atoms with Crippen LogP contribution in [0, 0.1) is 0 Å². The molecule has 0 aliphatic carbocycles. The van der Waals surface area contributed by atoms with Crippen LogP contribution in [0.3, 0.4) is 0 Å². The average molecular weight is 253 g/mol. The first-order valence-corrected chi connectivity index (χ1v) is 6.15. The molecule has 0 radical (unpaired) electrons. The number of methoxy groups -OCH3 is 3. The molecule has 1 N–H and O–H groups in total. The summed E-state index contributed by atoms with van der Waals surface area (Å²) in [7, 11) is 7.04. The Hall–Kier alpha value is -1.26. The predicted octanol–water partition coefficient (Wildman–Crippen LogP) is 2.39. The van der Waals surface area contributed by atoms with Crippen molar-refractivity contribution in [3.8, 4) is 11.5 Å². The number of ether oxygens (including phenoxy) is 3. The Labute approximate surface area is 109 Å². The van der Waals surface area contributed by atoms with Gasteiger partial charge in [0.15, 0.2) is 0 Å². The van der Waals surface area contributed by atoms with E-state index in [1.54, 1.807) is 21.3 Å². The van der Waals surface area contributed by atoms with Crippen molar-refractivity contribution in [1.29, 1.82) is 0 Å². The van der Waals surface area contributed by atoms with E-state index in [1.165, 1.54) is 0 Å². The predicted molar refractivity (Wildman–Crippen MR) is 72.5 cm³/mol. The van der Waals surface area contributed by atoms with Gasteiger partial charge >= 0.3 is 0 Å². The van der Waals surface area contributed by atoms with Crippen molar-refractivity contribution in [2.45, 2.75) is 18.9 Å². The highest BCUT2D eigenvalue weighted by Gasteiger charge is 2.15. The summed E-state index contributed by atoms with van der Waals surface area (Å²) in [6.45, 7) is 0.768. The molecule has 0 aromatic heterocycles. The maximum absolute atomic E-state index is 5.41. The van der Waals surface area contributed by atoms with Crippen LogP contribution >= 0.6 is 0 Å². The van der Waals surface area contributed by atoms with Gasteiger partial charge in [-0.05, 0) is 38.1 Å². The van der Waals surface area contributed by atoms with Gasteiger partial charge in [0.25, 0.3) is 0 Å². The molecule has 0 fully saturated rings.